The molecule has 0 aliphatic carbocycles. The van der Waals surface area contributed by atoms with E-state index in [2.05, 4.69) is 14.1 Å². The molecule has 0 unspecified atom stereocenters. The van der Waals surface area contributed by atoms with E-state index in [4.69, 9.17) is 9.47 Å². The Kier molecular flexibility index (Phi) is 5.63. The van der Waals surface area contributed by atoms with Gasteiger partial charge in [-0.3, -0.25) is 0 Å². The van der Waals surface area contributed by atoms with Crippen LogP contribution in [0.15, 0.2) is 0 Å². The summed E-state index contributed by atoms with van der Waals surface area (Å²) in [6, 6.07) is 0. The summed E-state index contributed by atoms with van der Waals surface area (Å²) in [5.41, 5.74) is 0. The van der Waals surface area contributed by atoms with Gasteiger partial charge in [-0.1, -0.05) is 0 Å². The van der Waals surface area contributed by atoms with Crippen LogP contribution in [0, 0.1) is 0 Å². The van der Waals surface area contributed by atoms with Crippen LogP contribution in [0.5, 0.6) is 0 Å². The highest BCUT2D eigenvalue weighted by Gasteiger charge is 2.26. The standard InChI is InChI=1S/C15H32N2O2/c1-16(8-12-18-13-9-16)6-4-3-5-7-17(2)10-14-19-15-11-17/h3-15H2,1-2H3/q+2. The van der Waals surface area contributed by atoms with E-state index in [-0.39, 0.29) is 0 Å². The Hall–Kier alpha value is -0.160. The van der Waals surface area contributed by atoms with Crippen LogP contribution >= 0.6 is 0 Å². The maximum Gasteiger partial charge on any atom is 0.102 e. The third-order valence-electron chi connectivity index (χ3n) is 5.00. The fraction of sp³-hybridized carbons (Fsp3) is 1.00. The lowest BCUT2D eigenvalue weighted by atomic mass is 10.1. The quantitative estimate of drug-likeness (QED) is 0.533. The Morgan fingerprint density at radius 3 is 1.37 bits per heavy atom. The average Bonchev–Trinajstić information content (AvgIpc) is 2.40. The second-order valence-electron chi connectivity index (χ2n) is 6.87. The smallest absolute Gasteiger partial charge is 0.102 e. The molecule has 0 aromatic heterocycles. The van der Waals surface area contributed by atoms with E-state index in [1.807, 2.05) is 0 Å². The number of morpholine rings is 2. The molecule has 2 saturated heterocycles. The number of hydrogen-bond donors (Lipinski definition) is 0. The molecule has 0 amide bonds. The first-order valence-electron chi connectivity index (χ1n) is 7.95. The Labute approximate surface area is 118 Å². The van der Waals surface area contributed by atoms with Crippen LogP contribution in [0.25, 0.3) is 0 Å². The van der Waals surface area contributed by atoms with Crippen LogP contribution in [0.3, 0.4) is 0 Å². The van der Waals surface area contributed by atoms with Gasteiger partial charge < -0.3 is 18.4 Å². The van der Waals surface area contributed by atoms with Gasteiger partial charge in [0.2, 0.25) is 0 Å². The molecule has 2 aliphatic heterocycles. The number of ether oxygens (including phenoxy) is 2. The topological polar surface area (TPSA) is 18.5 Å². The first kappa shape index (κ1) is 15.2. The van der Waals surface area contributed by atoms with Crippen LogP contribution < -0.4 is 0 Å². The second-order valence-corrected chi connectivity index (χ2v) is 6.87. The third-order valence-corrected chi connectivity index (χ3v) is 5.00. The van der Waals surface area contributed by atoms with Crippen LogP contribution in [0.1, 0.15) is 19.3 Å². The van der Waals surface area contributed by atoms with E-state index in [1.165, 1.54) is 67.5 Å². The minimum absolute atomic E-state index is 0.950. The average molecular weight is 272 g/mol. The van der Waals surface area contributed by atoms with Gasteiger partial charge in [-0.2, -0.15) is 0 Å². The van der Waals surface area contributed by atoms with Crippen molar-refractivity contribution in [3.8, 4) is 0 Å². The van der Waals surface area contributed by atoms with E-state index in [0.29, 0.717) is 0 Å². The number of unbranched alkanes of at least 4 members (excludes halogenated alkanes) is 2. The minimum atomic E-state index is 0.950. The van der Waals surface area contributed by atoms with Crippen LogP contribution in [-0.2, 0) is 9.47 Å². The molecule has 0 spiro atoms. The summed E-state index contributed by atoms with van der Waals surface area (Å²) in [6.07, 6.45) is 4.11. The Balaban J connectivity index is 1.56. The van der Waals surface area contributed by atoms with Gasteiger partial charge in [0.1, 0.15) is 26.2 Å². The van der Waals surface area contributed by atoms with Crippen molar-refractivity contribution in [1.82, 2.24) is 0 Å². The van der Waals surface area contributed by atoms with Gasteiger partial charge >= 0.3 is 0 Å². The van der Waals surface area contributed by atoms with Gasteiger partial charge in [-0.25, -0.2) is 0 Å². The molecule has 0 aromatic carbocycles. The second kappa shape index (κ2) is 7.02. The van der Waals surface area contributed by atoms with Gasteiger partial charge in [-0.15, -0.1) is 0 Å². The maximum atomic E-state index is 5.45. The summed E-state index contributed by atoms with van der Waals surface area (Å²) in [4.78, 5) is 0. The van der Waals surface area contributed by atoms with Crippen molar-refractivity contribution in [3.63, 3.8) is 0 Å². The molecule has 0 aromatic rings. The van der Waals surface area contributed by atoms with E-state index < -0.39 is 0 Å². The monoisotopic (exact) mass is 272 g/mol. The number of nitrogens with zero attached hydrogens (tertiary/aromatic N) is 2. The number of likely N-dealkylation sites (N-methyl/N-ethyl adjacent to an activating group) is 2. The van der Waals surface area contributed by atoms with Gasteiger partial charge in [0, 0.05) is 0 Å². The molecule has 2 fully saturated rings. The maximum absolute atomic E-state index is 5.45. The first-order chi connectivity index (χ1) is 9.12. The highest BCUT2D eigenvalue weighted by Crippen LogP contribution is 2.13. The zero-order chi connectivity index (χ0) is 13.6. The summed E-state index contributed by atoms with van der Waals surface area (Å²) in [5, 5.41) is 0. The normalized spacial score (nSPS) is 26.2. The molecular formula is C15H32N2O2+2. The zero-order valence-corrected chi connectivity index (χ0v) is 12.9. The fourth-order valence-corrected chi connectivity index (χ4v) is 3.18. The van der Waals surface area contributed by atoms with Crippen molar-refractivity contribution in [2.45, 2.75) is 19.3 Å². The molecule has 0 bridgehead atoms. The molecule has 2 heterocycles. The third kappa shape index (κ3) is 5.03. The Morgan fingerprint density at radius 1 is 0.632 bits per heavy atom. The van der Waals surface area contributed by atoms with Gasteiger partial charge in [0.05, 0.1) is 53.6 Å². The molecule has 0 atom stereocenters. The molecule has 4 heteroatoms. The highest BCUT2D eigenvalue weighted by atomic mass is 16.5. The van der Waals surface area contributed by atoms with E-state index in [0.717, 1.165) is 26.4 Å². The van der Waals surface area contributed by atoms with Crippen molar-refractivity contribution in [2.75, 3.05) is 79.8 Å². The minimum Gasteiger partial charge on any atom is -0.370 e. The zero-order valence-electron chi connectivity index (χ0n) is 12.9. The summed E-state index contributed by atoms with van der Waals surface area (Å²) in [5.74, 6) is 0. The highest BCUT2D eigenvalue weighted by molar-refractivity contribution is 4.51. The first-order valence-corrected chi connectivity index (χ1v) is 7.95. The van der Waals surface area contributed by atoms with Crippen molar-refractivity contribution in [3.05, 3.63) is 0 Å². The lowest BCUT2D eigenvalue weighted by Gasteiger charge is -2.38. The molecule has 4 nitrogen and oxygen atoms in total. The lowest BCUT2D eigenvalue weighted by molar-refractivity contribution is -0.919. The van der Waals surface area contributed by atoms with Crippen LogP contribution in [0.2, 0.25) is 0 Å². The number of quaternary nitrogens is 2. The molecule has 0 radical (unpaired) electrons. The summed E-state index contributed by atoms with van der Waals surface area (Å²) in [6.45, 7) is 11.3. The molecule has 0 N–H and O–H groups in total. The largest absolute Gasteiger partial charge is 0.370 e. The predicted octanol–water partition coefficient (Wildman–Crippen LogP) is 1.11. The Bertz CT molecular complexity index is 233. The number of hydrogen-bond acceptors (Lipinski definition) is 2. The van der Waals surface area contributed by atoms with E-state index >= 15 is 0 Å². The van der Waals surface area contributed by atoms with E-state index in [1.54, 1.807) is 0 Å². The van der Waals surface area contributed by atoms with Crippen LogP contribution in [0.4, 0.5) is 0 Å². The van der Waals surface area contributed by atoms with E-state index in [9.17, 15) is 0 Å². The molecule has 2 rings (SSSR count). The number of rotatable bonds is 6. The van der Waals surface area contributed by atoms with Crippen molar-refractivity contribution in [2.24, 2.45) is 0 Å². The van der Waals surface area contributed by atoms with Gasteiger partial charge in [0.15, 0.2) is 0 Å². The van der Waals surface area contributed by atoms with Crippen molar-refractivity contribution >= 4 is 0 Å². The molecule has 112 valence electrons. The lowest BCUT2D eigenvalue weighted by Crippen LogP contribution is -2.53. The molecular weight excluding hydrogens is 240 g/mol. The fourth-order valence-electron chi connectivity index (χ4n) is 3.18. The van der Waals surface area contributed by atoms with Gasteiger partial charge in [0.25, 0.3) is 0 Å². The summed E-state index contributed by atoms with van der Waals surface area (Å²) < 4.78 is 13.4. The summed E-state index contributed by atoms with van der Waals surface area (Å²) >= 11 is 0. The van der Waals surface area contributed by atoms with Crippen molar-refractivity contribution in [1.29, 1.82) is 0 Å². The molecule has 19 heavy (non-hydrogen) atoms. The molecule has 0 saturated carbocycles. The Morgan fingerprint density at radius 2 is 1.00 bits per heavy atom. The SMILES string of the molecule is C[N+]1(CCCCC[N+]2(C)CCOCC2)CCOCC1. The predicted molar refractivity (Wildman–Crippen MR) is 77.1 cm³/mol. The molecule has 2 aliphatic rings. The van der Waals surface area contributed by atoms with Crippen LogP contribution in [-0.4, -0.2) is 88.8 Å². The summed E-state index contributed by atoms with van der Waals surface area (Å²) in [7, 11) is 4.77. The van der Waals surface area contributed by atoms with Gasteiger partial charge in [-0.05, 0) is 19.3 Å². The van der Waals surface area contributed by atoms with Crippen molar-refractivity contribution < 1.29 is 18.4 Å².